The number of aliphatic hydroxyl groups is 1. The number of aliphatic hydroxyl groups excluding tert-OH is 1. The highest BCUT2D eigenvalue weighted by Gasteiger charge is 2.32. The van der Waals surface area contributed by atoms with Crippen molar-refractivity contribution in [3.63, 3.8) is 0 Å². The van der Waals surface area contributed by atoms with Crippen molar-refractivity contribution < 1.29 is 52.8 Å². The molecule has 0 rings (SSSR count). The highest BCUT2D eigenvalue weighted by Crippen LogP contribution is 2.30. The van der Waals surface area contributed by atoms with E-state index in [-0.39, 0.29) is 82.6 Å². The summed E-state index contributed by atoms with van der Waals surface area (Å²) >= 11 is 0. The number of hydrogen-bond acceptors (Lipinski definition) is 14. The smallest absolute Gasteiger partial charge is 0.330 e. The third-order valence-electron chi connectivity index (χ3n) is 7.33. The molecule has 4 N–H and O–H groups in total. The predicted octanol–water partition coefficient (Wildman–Crippen LogP) is 1.90. The van der Waals surface area contributed by atoms with Gasteiger partial charge in [0.15, 0.2) is 6.29 Å². The summed E-state index contributed by atoms with van der Waals surface area (Å²) in [6.45, 7) is 19.0. The van der Waals surface area contributed by atoms with E-state index < -0.39 is 35.6 Å². The molecule has 0 aromatic heterocycles. The molecule has 0 aliphatic heterocycles. The molecular formula is C34H57N3O11. The van der Waals surface area contributed by atoms with Crippen LogP contribution >= 0.6 is 0 Å². The van der Waals surface area contributed by atoms with Gasteiger partial charge in [0.25, 0.3) is 0 Å². The molecule has 5 unspecified atom stereocenters. The van der Waals surface area contributed by atoms with Gasteiger partial charge >= 0.3 is 23.9 Å². The monoisotopic (exact) mass is 683 g/mol. The largest absolute Gasteiger partial charge is 0.465 e. The molecule has 0 radical (unpaired) electrons. The molecule has 0 saturated heterocycles. The van der Waals surface area contributed by atoms with Gasteiger partial charge in [-0.25, -0.2) is 14.4 Å². The molecule has 0 heterocycles. The zero-order chi connectivity index (χ0) is 36.4. The molecular weight excluding hydrogens is 626 g/mol. The molecule has 0 aliphatic carbocycles. The molecule has 14 heteroatoms. The van der Waals surface area contributed by atoms with E-state index >= 15 is 0 Å². The van der Waals surface area contributed by atoms with Crippen molar-refractivity contribution in [2.24, 2.45) is 5.41 Å². The molecule has 5 atom stereocenters. The number of nitrogens with one attached hydrogen (secondary N) is 3. The molecule has 14 nitrogen and oxygen atoms in total. The van der Waals surface area contributed by atoms with Gasteiger partial charge in [0.05, 0.1) is 19.6 Å². The fourth-order valence-electron chi connectivity index (χ4n) is 4.07. The minimum atomic E-state index is -1.13. The predicted molar refractivity (Wildman–Crippen MR) is 180 cm³/mol. The van der Waals surface area contributed by atoms with Crippen LogP contribution < -0.4 is 16.0 Å². The Balaban J connectivity index is 5.05. The van der Waals surface area contributed by atoms with Crippen LogP contribution in [0.5, 0.6) is 0 Å². The second-order valence-corrected chi connectivity index (χ2v) is 11.7. The van der Waals surface area contributed by atoms with E-state index in [9.17, 15) is 29.1 Å². The quantitative estimate of drug-likeness (QED) is 0.0372. The van der Waals surface area contributed by atoms with E-state index in [0.29, 0.717) is 32.5 Å². The molecule has 0 spiro atoms. The Hall–Kier alpha value is -3.43. The molecule has 0 aromatic carbocycles. The van der Waals surface area contributed by atoms with E-state index in [4.69, 9.17) is 23.7 Å². The van der Waals surface area contributed by atoms with Crippen LogP contribution in [0.4, 0.5) is 0 Å². The Morgan fingerprint density at radius 2 is 1.15 bits per heavy atom. The van der Waals surface area contributed by atoms with Gasteiger partial charge in [0.1, 0.15) is 25.6 Å². The maximum Gasteiger partial charge on any atom is 0.330 e. The third-order valence-corrected chi connectivity index (χ3v) is 7.33. The number of Topliss-reactive ketones (excluding diaryl/α,β-unsaturated/α-hetero) is 1. The van der Waals surface area contributed by atoms with Crippen LogP contribution in [-0.2, 0) is 47.7 Å². The molecule has 48 heavy (non-hydrogen) atoms. The summed E-state index contributed by atoms with van der Waals surface area (Å²) in [7, 11) is 0. The van der Waals surface area contributed by atoms with Crippen molar-refractivity contribution in [2.75, 3.05) is 52.7 Å². The first-order valence-electron chi connectivity index (χ1n) is 16.3. The van der Waals surface area contributed by atoms with E-state index in [1.165, 1.54) is 0 Å². The first kappa shape index (κ1) is 44.6. The Bertz CT molecular complexity index is 968. The number of ether oxygens (including phenoxy) is 5. The first-order chi connectivity index (χ1) is 22.8. The first-order valence-corrected chi connectivity index (χ1v) is 16.3. The minimum Gasteiger partial charge on any atom is -0.465 e. The summed E-state index contributed by atoms with van der Waals surface area (Å²) < 4.78 is 26.4. The van der Waals surface area contributed by atoms with Crippen LogP contribution in [0.2, 0.25) is 0 Å². The van der Waals surface area contributed by atoms with Crippen molar-refractivity contribution in [1.82, 2.24) is 16.0 Å². The van der Waals surface area contributed by atoms with Crippen LogP contribution in [0.3, 0.4) is 0 Å². The van der Waals surface area contributed by atoms with E-state index in [1.54, 1.807) is 0 Å². The lowest BCUT2D eigenvalue weighted by atomic mass is 9.81. The van der Waals surface area contributed by atoms with Gasteiger partial charge < -0.3 is 44.7 Å². The maximum absolute atomic E-state index is 12.8. The lowest BCUT2D eigenvalue weighted by Crippen LogP contribution is -2.38. The lowest BCUT2D eigenvalue weighted by molar-refractivity contribution is -0.159. The number of carbonyl (C=O) groups is 5. The Morgan fingerprint density at radius 3 is 1.60 bits per heavy atom. The summed E-state index contributed by atoms with van der Waals surface area (Å²) in [6.07, 6.45) is 3.77. The SMILES string of the molecule is C=CC(=O)OCC(C)NCCC(=O)CCC(CC)(COC(=O)CCNC(C)COC(=O)C=C)COC(O)CCNC(C)COC(=O)C=C. The third kappa shape index (κ3) is 23.0. The zero-order valence-electron chi connectivity index (χ0n) is 29.1. The highest BCUT2D eigenvalue weighted by molar-refractivity contribution is 5.82. The lowest BCUT2D eigenvalue weighted by Gasteiger charge is -2.33. The van der Waals surface area contributed by atoms with Gasteiger partial charge in [-0.2, -0.15) is 0 Å². The van der Waals surface area contributed by atoms with Gasteiger partial charge in [-0.15, -0.1) is 0 Å². The Labute approximate surface area is 285 Å². The van der Waals surface area contributed by atoms with Crippen LogP contribution in [0, 0.1) is 5.41 Å². The summed E-state index contributed by atoms with van der Waals surface area (Å²) in [5.74, 6) is -2.02. The average molecular weight is 684 g/mol. The topological polar surface area (TPSA) is 188 Å². The molecule has 0 fully saturated rings. The molecule has 0 bridgehead atoms. The fourth-order valence-corrected chi connectivity index (χ4v) is 4.07. The van der Waals surface area contributed by atoms with Gasteiger partial charge in [-0.05, 0) is 33.6 Å². The standard InChI is InChI=1S/C34H57N3O11/c1-8-29(39)44-20-25(5)35-17-13-28(38)12-16-34(11-4,23-47-32(42)14-18-36-26(6)21-45-30(40)9-2)24-48-33(43)15-19-37-27(7)22-46-31(41)10-3/h8-10,25-27,32,35-37,42H,1-3,11-24H2,4-7H3. The summed E-state index contributed by atoms with van der Waals surface area (Å²) in [5.41, 5.74) is -0.731. The molecule has 0 aromatic rings. The van der Waals surface area contributed by atoms with Crippen LogP contribution in [0.25, 0.3) is 0 Å². The van der Waals surface area contributed by atoms with Gasteiger partial charge in [0.2, 0.25) is 0 Å². The fraction of sp³-hybridized carbons (Fsp3) is 0.676. The Morgan fingerprint density at radius 1 is 0.688 bits per heavy atom. The van der Waals surface area contributed by atoms with E-state index in [0.717, 1.165) is 18.2 Å². The van der Waals surface area contributed by atoms with E-state index in [1.807, 2.05) is 27.7 Å². The maximum atomic E-state index is 12.8. The van der Waals surface area contributed by atoms with Crippen molar-refractivity contribution >= 4 is 29.7 Å². The van der Waals surface area contributed by atoms with Crippen molar-refractivity contribution in [2.45, 2.75) is 90.6 Å². The number of ketones is 1. The van der Waals surface area contributed by atoms with Crippen LogP contribution in [0.15, 0.2) is 38.0 Å². The zero-order valence-corrected chi connectivity index (χ0v) is 29.1. The molecule has 0 amide bonds. The normalized spacial score (nSPS) is 14.7. The highest BCUT2D eigenvalue weighted by atomic mass is 16.6. The summed E-state index contributed by atoms with van der Waals surface area (Å²) in [6, 6.07) is -0.484. The molecule has 274 valence electrons. The summed E-state index contributed by atoms with van der Waals surface area (Å²) in [4.78, 5) is 59.1. The molecule has 0 aliphatic rings. The van der Waals surface area contributed by atoms with Gasteiger partial charge in [-0.3, -0.25) is 9.59 Å². The van der Waals surface area contributed by atoms with Crippen LogP contribution in [0.1, 0.15) is 66.2 Å². The second kappa shape index (κ2) is 26.5. The second-order valence-electron chi connectivity index (χ2n) is 11.7. The minimum absolute atomic E-state index is 0.00632. The van der Waals surface area contributed by atoms with Crippen molar-refractivity contribution in [3.05, 3.63) is 38.0 Å². The average Bonchev–Trinajstić information content (AvgIpc) is 3.08. The number of carbonyl (C=O) groups excluding carboxylic acids is 5. The van der Waals surface area contributed by atoms with Gasteiger partial charge in [0, 0.05) is 80.7 Å². The van der Waals surface area contributed by atoms with Crippen molar-refractivity contribution in [3.8, 4) is 0 Å². The van der Waals surface area contributed by atoms with Gasteiger partial charge in [-0.1, -0.05) is 26.7 Å². The number of hydrogen-bond donors (Lipinski definition) is 4. The van der Waals surface area contributed by atoms with Crippen molar-refractivity contribution in [1.29, 1.82) is 0 Å². The molecule has 0 saturated carbocycles. The van der Waals surface area contributed by atoms with Crippen LogP contribution in [-0.4, -0.2) is 112 Å². The Kier molecular flexibility index (Phi) is 24.6. The summed E-state index contributed by atoms with van der Waals surface area (Å²) in [5, 5.41) is 19.9. The number of esters is 4. The number of rotatable bonds is 30. The van der Waals surface area contributed by atoms with E-state index in [2.05, 4.69) is 35.7 Å².